The third-order valence-electron chi connectivity index (χ3n) is 2.99. The molecule has 0 spiro atoms. The van der Waals surface area contributed by atoms with Crippen molar-refractivity contribution in [1.82, 2.24) is 0 Å². The van der Waals surface area contributed by atoms with Crippen LogP contribution in [0.1, 0.15) is 35.4 Å². The second kappa shape index (κ2) is 5.64. The summed E-state index contributed by atoms with van der Waals surface area (Å²) < 4.78 is 5.73. The van der Waals surface area contributed by atoms with Crippen molar-refractivity contribution >= 4 is 11.3 Å². The van der Waals surface area contributed by atoms with Gasteiger partial charge in [0.2, 0.25) is 0 Å². The molecule has 84 valence electrons. The molecular weight excluding hydrogens is 206 g/mol. The van der Waals surface area contributed by atoms with Crippen molar-refractivity contribution in [2.24, 2.45) is 11.7 Å². The quantitative estimate of drug-likeness (QED) is 0.836. The van der Waals surface area contributed by atoms with Gasteiger partial charge in [-0.15, -0.1) is 11.3 Å². The lowest BCUT2D eigenvalue weighted by Gasteiger charge is -2.08. The number of rotatable bonds is 5. The molecule has 1 aliphatic carbocycles. The molecule has 2 rings (SSSR count). The van der Waals surface area contributed by atoms with Gasteiger partial charge in [-0.05, 0) is 30.9 Å². The lowest BCUT2D eigenvalue weighted by atomic mass is 10.1. The van der Waals surface area contributed by atoms with Crippen LogP contribution in [0.25, 0.3) is 0 Å². The van der Waals surface area contributed by atoms with E-state index in [1.165, 1.54) is 35.4 Å². The largest absolute Gasteiger partial charge is 0.376 e. The monoisotopic (exact) mass is 225 g/mol. The molecular formula is C12H19NOS. The molecule has 1 aliphatic rings. The Morgan fingerprint density at radius 3 is 2.67 bits per heavy atom. The maximum absolute atomic E-state index is 5.73. The first kappa shape index (κ1) is 11.1. The molecule has 1 saturated carbocycles. The summed E-state index contributed by atoms with van der Waals surface area (Å²) in [5.41, 5.74) is 5.56. The highest BCUT2D eigenvalue weighted by Crippen LogP contribution is 2.25. The summed E-state index contributed by atoms with van der Waals surface area (Å²) in [5, 5.41) is 0. The standard InChI is InChI=1S/C12H19NOS/c13-7-11-5-6-12(15-11)9-14-8-10-3-1-2-4-10/h5-6,10H,1-4,7-9,13H2. The van der Waals surface area contributed by atoms with Crippen molar-refractivity contribution in [1.29, 1.82) is 0 Å². The molecule has 0 unspecified atom stereocenters. The minimum Gasteiger partial charge on any atom is -0.376 e. The summed E-state index contributed by atoms with van der Waals surface area (Å²) in [4.78, 5) is 2.54. The van der Waals surface area contributed by atoms with Gasteiger partial charge in [0.1, 0.15) is 0 Å². The molecule has 0 bridgehead atoms. The summed E-state index contributed by atoms with van der Waals surface area (Å²) in [6, 6.07) is 4.22. The highest BCUT2D eigenvalue weighted by atomic mass is 32.1. The van der Waals surface area contributed by atoms with E-state index in [1.807, 2.05) is 0 Å². The molecule has 1 heterocycles. The molecule has 3 heteroatoms. The first-order valence-corrected chi connectivity index (χ1v) is 6.55. The topological polar surface area (TPSA) is 35.2 Å². The molecule has 0 atom stereocenters. The smallest absolute Gasteiger partial charge is 0.0809 e. The lowest BCUT2D eigenvalue weighted by molar-refractivity contribution is 0.0906. The molecule has 0 aliphatic heterocycles. The van der Waals surface area contributed by atoms with Crippen LogP contribution in [0.2, 0.25) is 0 Å². The minimum absolute atomic E-state index is 0.646. The summed E-state index contributed by atoms with van der Waals surface area (Å²) in [7, 11) is 0. The SMILES string of the molecule is NCc1ccc(COCC2CCCC2)s1. The molecule has 1 aromatic heterocycles. The van der Waals surface area contributed by atoms with Crippen LogP contribution in [-0.4, -0.2) is 6.61 Å². The number of thiophene rings is 1. The van der Waals surface area contributed by atoms with Gasteiger partial charge in [-0.2, -0.15) is 0 Å². The van der Waals surface area contributed by atoms with E-state index >= 15 is 0 Å². The van der Waals surface area contributed by atoms with E-state index in [-0.39, 0.29) is 0 Å². The Bertz CT molecular complexity index is 292. The van der Waals surface area contributed by atoms with Gasteiger partial charge in [0.05, 0.1) is 6.61 Å². The van der Waals surface area contributed by atoms with Crippen molar-refractivity contribution in [2.45, 2.75) is 38.8 Å². The maximum atomic E-state index is 5.73. The molecule has 1 aromatic rings. The third-order valence-corrected chi connectivity index (χ3v) is 4.07. The molecule has 15 heavy (non-hydrogen) atoms. The van der Waals surface area contributed by atoms with Crippen LogP contribution in [0, 0.1) is 5.92 Å². The van der Waals surface area contributed by atoms with E-state index in [4.69, 9.17) is 10.5 Å². The van der Waals surface area contributed by atoms with Crippen LogP contribution < -0.4 is 5.73 Å². The fourth-order valence-electron chi connectivity index (χ4n) is 2.11. The maximum Gasteiger partial charge on any atom is 0.0809 e. The predicted octanol–water partition coefficient (Wildman–Crippen LogP) is 2.91. The summed E-state index contributed by atoms with van der Waals surface area (Å²) >= 11 is 1.77. The molecule has 0 aromatic carbocycles. The van der Waals surface area contributed by atoms with Crippen LogP contribution in [0.15, 0.2) is 12.1 Å². The van der Waals surface area contributed by atoms with Gasteiger partial charge >= 0.3 is 0 Å². The normalized spacial score (nSPS) is 17.4. The highest BCUT2D eigenvalue weighted by Gasteiger charge is 2.14. The van der Waals surface area contributed by atoms with Crippen molar-refractivity contribution in [3.63, 3.8) is 0 Å². The molecule has 2 N–H and O–H groups in total. The van der Waals surface area contributed by atoms with Crippen LogP contribution in [-0.2, 0) is 17.9 Å². The second-order valence-corrected chi connectivity index (χ2v) is 5.49. The first-order valence-electron chi connectivity index (χ1n) is 5.74. The van der Waals surface area contributed by atoms with Crippen molar-refractivity contribution in [2.75, 3.05) is 6.61 Å². The number of nitrogens with two attached hydrogens (primary N) is 1. The molecule has 2 nitrogen and oxygen atoms in total. The number of hydrogen-bond donors (Lipinski definition) is 1. The Morgan fingerprint density at radius 1 is 1.27 bits per heavy atom. The Kier molecular flexibility index (Phi) is 4.18. The molecule has 0 saturated heterocycles. The Balaban J connectivity index is 1.68. The fourth-order valence-corrected chi connectivity index (χ4v) is 2.95. The van der Waals surface area contributed by atoms with Gasteiger partial charge in [-0.1, -0.05) is 12.8 Å². The highest BCUT2D eigenvalue weighted by molar-refractivity contribution is 7.11. The van der Waals surface area contributed by atoms with E-state index in [2.05, 4.69) is 12.1 Å². The van der Waals surface area contributed by atoms with Crippen LogP contribution in [0.3, 0.4) is 0 Å². The third kappa shape index (κ3) is 3.30. The molecule has 1 fully saturated rings. The van der Waals surface area contributed by atoms with Gasteiger partial charge in [0, 0.05) is 22.9 Å². The van der Waals surface area contributed by atoms with Crippen molar-refractivity contribution in [3.8, 4) is 0 Å². The summed E-state index contributed by atoms with van der Waals surface area (Å²) in [5.74, 6) is 0.818. The molecule has 0 radical (unpaired) electrons. The van der Waals surface area contributed by atoms with E-state index in [0.29, 0.717) is 6.54 Å². The summed E-state index contributed by atoms with van der Waals surface area (Å²) in [6.07, 6.45) is 5.51. The minimum atomic E-state index is 0.646. The van der Waals surface area contributed by atoms with Gasteiger partial charge in [0.15, 0.2) is 0 Å². The van der Waals surface area contributed by atoms with E-state index < -0.39 is 0 Å². The van der Waals surface area contributed by atoms with E-state index in [0.717, 1.165) is 19.1 Å². The zero-order valence-corrected chi connectivity index (χ0v) is 9.89. The first-order chi connectivity index (χ1) is 7.38. The Morgan fingerprint density at radius 2 is 2.00 bits per heavy atom. The van der Waals surface area contributed by atoms with Gasteiger partial charge < -0.3 is 10.5 Å². The average Bonchev–Trinajstić information content (AvgIpc) is 2.88. The average molecular weight is 225 g/mol. The van der Waals surface area contributed by atoms with Gasteiger partial charge in [-0.25, -0.2) is 0 Å². The number of hydrogen-bond acceptors (Lipinski definition) is 3. The molecule has 0 amide bonds. The van der Waals surface area contributed by atoms with Crippen LogP contribution in [0.4, 0.5) is 0 Å². The zero-order valence-electron chi connectivity index (χ0n) is 9.08. The predicted molar refractivity (Wildman–Crippen MR) is 63.8 cm³/mol. The van der Waals surface area contributed by atoms with Crippen LogP contribution >= 0.6 is 11.3 Å². The fraction of sp³-hybridized carbons (Fsp3) is 0.667. The van der Waals surface area contributed by atoms with Crippen LogP contribution in [0.5, 0.6) is 0 Å². The second-order valence-electron chi connectivity index (χ2n) is 4.24. The van der Waals surface area contributed by atoms with E-state index in [9.17, 15) is 0 Å². The van der Waals surface area contributed by atoms with Gasteiger partial charge in [-0.3, -0.25) is 0 Å². The zero-order chi connectivity index (χ0) is 10.5. The summed E-state index contributed by atoms with van der Waals surface area (Å²) in [6.45, 7) is 2.35. The lowest BCUT2D eigenvalue weighted by Crippen LogP contribution is -2.04. The van der Waals surface area contributed by atoms with Crippen molar-refractivity contribution in [3.05, 3.63) is 21.9 Å². The van der Waals surface area contributed by atoms with Crippen molar-refractivity contribution < 1.29 is 4.74 Å². The van der Waals surface area contributed by atoms with Gasteiger partial charge in [0.25, 0.3) is 0 Å². The van der Waals surface area contributed by atoms with E-state index in [1.54, 1.807) is 11.3 Å². The number of ether oxygens (including phenoxy) is 1. The Labute approximate surface area is 95.4 Å². The Hall–Kier alpha value is -0.380.